The molecule has 0 bridgehead atoms. The molecule has 1 heterocycles. The summed E-state index contributed by atoms with van der Waals surface area (Å²) in [5.74, 6) is 0.896. The van der Waals surface area contributed by atoms with E-state index in [1.54, 1.807) is 11.1 Å². The topological polar surface area (TPSA) is 24.1 Å². The van der Waals surface area contributed by atoms with Crippen LogP contribution in [0, 0.1) is 5.92 Å². The summed E-state index contributed by atoms with van der Waals surface area (Å²) in [6.45, 7) is 3.66. The van der Waals surface area contributed by atoms with Crippen LogP contribution in [0.2, 0.25) is 0 Å². The Morgan fingerprint density at radius 1 is 1.20 bits per heavy atom. The van der Waals surface area contributed by atoms with Crippen molar-refractivity contribution in [2.75, 3.05) is 19.6 Å². The van der Waals surface area contributed by atoms with E-state index >= 15 is 0 Å². The van der Waals surface area contributed by atoms with Gasteiger partial charge in [-0.3, -0.25) is 0 Å². The Hall–Kier alpha value is -0.860. The predicted molar refractivity (Wildman–Crippen MR) is 83.1 cm³/mol. The molecule has 1 aromatic rings. The maximum Gasteiger partial charge on any atom is 0.0174 e. The second-order valence-electron chi connectivity index (χ2n) is 7.03. The van der Waals surface area contributed by atoms with Gasteiger partial charge >= 0.3 is 0 Å². The summed E-state index contributed by atoms with van der Waals surface area (Å²) in [6, 6.07) is 9.92. The number of fused-ring (bicyclic) bond motifs is 2. The van der Waals surface area contributed by atoms with E-state index in [9.17, 15) is 0 Å². The van der Waals surface area contributed by atoms with Gasteiger partial charge in [0.25, 0.3) is 0 Å². The van der Waals surface area contributed by atoms with E-state index in [2.05, 4.69) is 34.9 Å². The van der Waals surface area contributed by atoms with Crippen LogP contribution in [0.4, 0.5) is 0 Å². The molecule has 2 fully saturated rings. The molecule has 1 saturated carbocycles. The van der Waals surface area contributed by atoms with Crippen molar-refractivity contribution in [3.05, 3.63) is 35.4 Å². The minimum absolute atomic E-state index is 0.502. The second kappa shape index (κ2) is 5.16. The first-order valence-electron chi connectivity index (χ1n) is 8.41. The Bertz CT molecular complexity index is 478. The van der Waals surface area contributed by atoms with E-state index in [0.717, 1.165) is 12.0 Å². The van der Waals surface area contributed by atoms with Crippen molar-refractivity contribution in [1.82, 2.24) is 10.6 Å². The first kappa shape index (κ1) is 12.8. The molecule has 1 aromatic carbocycles. The number of nitrogens with one attached hydrogen (secondary N) is 2. The summed E-state index contributed by atoms with van der Waals surface area (Å²) in [6.07, 6.45) is 8.14. The molecule has 3 aliphatic rings. The molecule has 20 heavy (non-hydrogen) atoms. The Morgan fingerprint density at radius 3 is 2.95 bits per heavy atom. The minimum atomic E-state index is 0.502. The highest BCUT2D eigenvalue weighted by Gasteiger charge is 2.56. The van der Waals surface area contributed by atoms with E-state index in [4.69, 9.17) is 0 Å². The van der Waals surface area contributed by atoms with Crippen LogP contribution < -0.4 is 10.6 Å². The van der Waals surface area contributed by atoms with Crippen molar-refractivity contribution in [3.8, 4) is 0 Å². The summed E-state index contributed by atoms with van der Waals surface area (Å²) in [7, 11) is 0. The molecule has 4 rings (SSSR count). The Morgan fingerprint density at radius 2 is 2.05 bits per heavy atom. The van der Waals surface area contributed by atoms with Gasteiger partial charge in [-0.15, -0.1) is 0 Å². The second-order valence-corrected chi connectivity index (χ2v) is 7.03. The summed E-state index contributed by atoms with van der Waals surface area (Å²) in [4.78, 5) is 0. The fourth-order valence-electron chi connectivity index (χ4n) is 4.49. The van der Waals surface area contributed by atoms with Crippen LogP contribution >= 0.6 is 0 Å². The van der Waals surface area contributed by atoms with Crippen LogP contribution in [0.1, 0.15) is 43.2 Å². The largest absolute Gasteiger partial charge is 0.317 e. The molecule has 108 valence electrons. The number of hydrogen-bond acceptors (Lipinski definition) is 2. The molecule has 2 nitrogen and oxygen atoms in total. The van der Waals surface area contributed by atoms with Crippen molar-refractivity contribution in [2.24, 2.45) is 5.92 Å². The number of rotatable bonds is 3. The highest BCUT2D eigenvalue weighted by molar-refractivity contribution is 5.44. The third kappa shape index (κ3) is 2.19. The van der Waals surface area contributed by atoms with Gasteiger partial charge in [0.1, 0.15) is 0 Å². The third-order valence-electron chi connectivity index (χ3n) is 5.81. The van der Waals surface area contributed by atoms with Crippen LogP contribution in [0.5, 0.6) is 0 Å². The average Bonchev–Trinajstić information content (AvgIpc) is 3.20. The molecule has 2 N–H and O–H groups in total. The van der Waals surface area contributed by atoms with E-state index < -0.39 is 0 Å². The van der Waals surface area contributed by atoms with Gasteiger partial charge in [0, 0.05) is 11.5 Å². The summed E-state index contributed by atoms with van der Waals surface area (Å²) in [5, 5.41) is 7.36. The fraction of sp³-hybridized carbons (Fsp3) is 0.667. The van der Waals surface area contributed by atoms with Crippen molar-refractivity contribution < 1.29 is 0 Å². The lowest BCUT2D eigenvalue weighted by Gasteiger charge is -2.28. The van der Waals surface area contributed by atoms with Gasteiger partial charge in [-0.05, 0) is 75.2 Å². The highest BCUT2D eigenvalue weighted by atomic mass is 15.0. The zero-order valence-corrected chi connectivity index (χ0v) is 12.3. The number of hydrogen-bond donors (Lipinski definition) is 2. The Labute approximate surface area is 122 Å². The molecular weight excluding hydrogens is 244 g/mol. The predicted octanol–water partition coefficient (Wildman–Crippen LogP) is 2.62. The number of piperidine rings is 1. The first-order valence-corrected chi connectivity index (χ1v) is 8.41. The van der Waals surface area contributed by atoms with Gasteiger partial charge in [0.05, 0.1) is 0 Å². The van der Waals surface area contributed by atoms with E-state index in [1.165, 1.54) is 58.2 Å². The molecule has 2 atom stereocenters. The first-order chi connectivity index (χ1) is 9.88. The van der Waals surface area contributed by atoms with Crippen molar-refractivity contribution in [3.63, 3.8) is 0 Å². The van der Waals surface area contributed by atoms with E-state index in [1.807, 2.05) is 0 Å². The maximum absolute atomic E-state index is 3.90. The quantitative estimate of drug-likeness (QED) is 0.882. The lowest BCUT2D eigenvalue weighted by Crippen LogP contribution is -2.36. The third-order valence-corrected chi connectivity index (χ3v) is 5.81. The fourth-order valence-corrected chi connectivity index (χ4v) is 4.49. The van der Waals surface area contributed by atoms with Crippen LogP contribution in [0.3, 0.4) is 0 Å². The van der Waals surface area contributed by atoms with Gasteiger partial charge in [-0.2, -0.15) is 0 Å². The van der Waals surface area contributed by atoms with E-state index in [-0.39, 0.29) is 0 Å². The molecule has 2 aliphatic carbocycles. The monoisotopic (exact) mass is 270 g/mol. The molecule has 1 spiro atoms. The molecule has 1 unspecified atom stereocenters. The van der Waals surface area contributed by atoms with Crippen molar-refractivity contribution in [1.29, 1.82) is 0 Å². The SMILES string of the molecule is c1ccc2c(c1)CCCC21C[C@H]1NCC1CCNCC1. The van der Waals surface area contributed by atoms with Gasteiger partial charge in [0.2, 0.25) is 0 Å². The molecular formula is C18H26N2. The summed E-state index contributed by atoms with van der Waals surface area (Å²) < 4.78 is 0. The highest BCUT2D eigenvalue weighted by Crippen LogP contribution is 2.55. The molecule has 1 aliphatic heterocycles. The zero-order chi connectivity index (χ0) is 13.4. The Kier molecular flexibility index (Phi) is 3.31. The lowest BCUT2D eigenvalue weighted by atomic mass is 9.79. The molecule has 0 radical (unpaired) electrons. The van der Waals surface area contributed by atoms with Crippen LogP contribution in [0.15, 0.2) is 24.3 Å². The number of aryl methyl sites for hydroxylation is 1. The smallest absolute Gasteiger partial charge is 0.0174 e. The standard InChI is InChI=1S/C18H26N2/c1-2-6-16-15(4-1)5-3-9-18(16)12-17(18)20-13-14-7-10-19-11-8-14/h1-2,4,6,14,17,19-20H,3,5,7-13H2/t17-,18?/m1/s1. The molecule has 0 aromatic heterocycles. The number of benzene rings is 1. The van der Waals surface area contributed by atoms with Gasteiger partial charge < -0.3 is 10.6 Å². The van der Waals surface area contributed by atoms with Crippen molar-refractivity contribution in [2.45, 2.75) is 50.0 Å². The normalized spacial score (nSPS) is 33.1. The summed E-state index contributed by atoms with van der Waals surface area (Å²) in [5.41, 5.74) is 3.78. The average molecular weight is 270 g/mol. The van der Waals surface area contributed by atoms with Crippen LogP contribution in [0.25, 0.3) is 0 Å². The molecule has 2 heteroatoms. The summed E-state index contributed by atoms with van der Waals surface area (Å²) >= 11 is 0. The van der Waals surface area contributed by atoms with Gasteiger partial charge in [-0.25, -0.2) is 0 Å². The lowest BCUT2D eigenvalue weighted by molar-refractivity contribution is 0.349. The van der Waals surface area contributed by atoms with Crippen LogP contribution in [-0.2, 0) is 11.8 Å². The van der Waals surface area contributed by atoms with Crippen molar-refractivity contribution >= 4 is 0 Å². The van der Waals surface area contributed by atoms with Gasteiger partial charge in [-0.1, -0.05) is 24.3 Å². The Balaban J connectivity index is 1.41. The van der Waals surface area contributed by atoms with E-state index in [0.29, 0.717) is 5.41 Å². The minimum Gasteiger partial charge on any atom is -0.317 e. The molecule has 0 amide bonds. The molecule has 1 saturated heterocycles. The maximum atomic E-state index is 3.90. The zero-order valence-electron chi connectivity index (χ0n) is 12.3. The van der Waals surface area contributed by atoms with Gasteiger partial charge in [0.15, 0.2) is 0 Å². The van der Waals surface area contributed by atoms with Crippen LogP contribution in [-0.4, -0.2) is 25.7 Å².